The maximum atomic E-state index is 12.1. The Hall–Kier alpha value is -0.860. The Morgan fingerprint density at radius 2 is 2.00 bits per heavy atom. The molecule has 17 heavy (non-hydrogen) atoms. The Labute approximate surface area is 103 Å². The summed E-state index contributed by atoms with van der Waals surface area (Å²) in [7, 11) is 0. The van der Waals surface area contributed by atoms with Gasteiger partial charge in [0, 0.05) is 12.3 Å². The lowest BCUT2D eigenvalue weighted by molar-refractivity contribution is -0.146. The van der Waals surface area contributed by atoms with Crippen LogP contribution < -0.4 is 5.32 Å². The van der Waals surface area contributed by atoms with E-state index in [4.69, 9.17) is 0 Å². The number of piperidine rings is 1. The van der Waals surface area contributed by atoms with Gasteiger partial charge in [0.05, 0.1) is 0 Å². The first-order chi connectivity index (χ1) is 7.99. The van der Waals surface area contributed by atoms with Crippen molar-refractivity contribution in [3.05, 3.63) is 0 Å². The molecule has 1 N–H and O–H groups in total. The maximum absolute atomic E-state index is 12.1. The second-order valence-electron chi connectivity index (χ2n) is 6.13. The molecule has 1 aliphatic heterocycles. The monoisotopic (exact) mass is 237 g/mol. The molecule has 0 aromatic rings. The Morgan fingerprint density at radius 3 is 2.47 bits per heavy atom. The number of carbonyl (C=O) groups excluding carboxylic acids is 2. The van der Waals surface area contributed by atoms with Crippen LogP contribution >= 0.6 is 0 Å². The first-order valence-electron chi connectivity index (χ1n) is 6.83. The van der Waals surface area contributed by atoms with Crippen molar-refractivity contribution < 1.29 is 9.59 Å². The third-order valence-corrected chi connectivity index (χ3v) is 4.52. The molecule has 1 saturated carbocycles. The summed E-state index contributed by atoms with van der Waals surface area (Å²) in [5.41, 5.74) is -0.0380. The van der Waals surface area contributed by atoms with Gasteiger partial charge >= 0.3 is 0 Å². The number of nitrogens with one attached hydrogen (secondary N) is 1. The molecule has 2 unspecified atom stereocenters. The fourth-order valence-electron chi connectivity index (χ4n) is 3.51. The van der Waals surface area contributed by atoms with Crippen molar-refractivity contribution in [3.8, 4) is 0 Å². The number of carbonyl (C=O) groups is 2. The van der Waals surface area contributed by atoms with Gasteiger partial charge in [0.2, 0.25) is 11.8 Å². The van der Waals surface area contributed by atoms with Crippen molar-refractivity contribution in [2.75, 3.05) is 0 Å². The highest BCUT2D eigenvalue weighted by atomic mass is 16.2. The first-order valence-corrected chi connectivity index (χ1v) is 6.83. The van der Waals surface area contributed by atoms with Crippen LogP contribution in [-0.2, 0) is 9.59 Å². The minimum atomic E-state index is -0.0660. The Kier molecular flexibility index (Phi) is 3.28. The van der Waals surface area contributed by atoms with E-state index >= 15 is 0 Å². The van der Waals surface area contributed by atoms with Gasteiger partial charge in [0.1, 0.15) is 0 Å². The minimum Gasteiger partial charge on any atom is -0.296 e. The largest absolute Gasteiger partial charge is 0.296 e. The molecule has 0 radical (unpaired) electrons. The quantitative estimate of drug-likeness (QED) is 0.764. The van der Waals surface area contributed by atoms with E-state index in [1.807, 2.05) is 0 Å². The lowest BCUT2D eigenvalue weighted by Gasteiger charge is -2.43. The minimum absolute atomic E-state index is 0.0244. The first kappa shape index (κ1) is 12.6. The van der Waals surface area contributed by atoms with Gasteiger partial charge in [-0.3, -0.25) is 14.9 Å². The Bertz CT molecular complexity index is 333. The van der Waals surface area contributed by atoms with E-state index in [0.29, 0.717) is 18.3 Å². The van der Waals surface area contributed by atoms with Crippen LogP contribution in [0.1, 0.15) is 52.9 Å². The van der Waals surface area contributed by atoms with Crippen LogP contribution in [0.2, 0.25) is 0 Å². The van der Waals surface area contributed by atoms with Crippen molar-refractivity contribution in [2.24, 2.45) is 23.2 Å². The highest BCUT2D eigenvalue weighted by Crippen LogP contribution is 2.56. The highest BCUT2D eigenvalue weighted by molar-refractivity contribution is 5.99. The van der Waals surface area contributed by atoms with Crippen LogP contribution in [0.4, 0.5) is 0 Å². The smallest absolute Gasteiger partial charge is 0.230 e. The lowest BCUT2D eigenvalue weighted by atomic mass is 9.62. The van der Waals surface area contributed by atoms with E-state index < -0.39 is 0 Å². The topological polar surface area (TPSA) is 46.2 Å². The van der Waals surface area contributed by atoms with Gasteiger partial charge in [0.15, 0.2) is 0 Å². The molecule has 1 saturated heterocycles. The molecule has 2 fully saturated rings. The summed E-state index contributed by atoms with van der Waals surface area (Å²) >= 11 is 0. The van der Waals surface area contributed by atoms with Gasteiger partial charge in [-0.05, 0) is 42.9 Å². The molecule has 1 heterocycles. The molecule has 96 valence electrons. The van der Waals surface area contributed by atoms with Crippen molar-refractivity contribution in [3.63, 3.8) is 0 Å². The number of amides is 2. The normalized spacial score (nSPS) is 34.0. The number of imide groups is 1. The fourth-order valence-corrected chi connectivity index (χ4v) is 3.51. The predicted molar refractivity (Wildman–Crippen MR) is 66.2 cm³/mol. The van der Waals surface area contributed by atoms with Gasteiger partial charge in [0.25, 0.3) is 0 Å². The van der Waals surface area contributed by atoms with E-state index in [1.165, 1.54) is 12.8 Å². The molecule has 2 amide bonds. The molecule has 1 aliphatic carbocycles. The summed E-state index contributed by atoms with van der Waals surface area (Å²) in [5.74, 6) is 1.06. The summed E-state index contributed by atoms with van der Waals surface area (Å²) in [6.45, 7) is 6.44. The van der Waals surface area contributed by atoms with Gasteiger partial charge < -0.3 is 0 Å². The standard InChI is InChI=1S/C14H23NO2/c1-4-14(10-5-6-10)8-12(16)15-13(17)11(14)7-9(2)3/h9-11H,4-8H2,1-3H3,(H,15,16,17). The van der Waals surface area contributed by atoms with Crippen LogP contribution in [-0.4, -0.2) is 11.8 Å². The molecule has 3 heteroatoms. The predicted octanol–water partition coefficient (Wildman–Crippen LogP) is 2.50. The zero-order chi connectivity index (χ0) is 12.6. The summed E-state index contributed by atoms with van der Waals surface area (Å²) in [6, 6.07) is 0. The SMILES string of the molecule is CCC1(C2CC2)CC(=O)NC(=O)C1CC(C)C. The second kappa shape index (κ2) is 4.43. The highest BCUT2D eigenvalue weighted by Gasteiger charge is 2.54. The summed E-state index contributed by atoms with van der Waals surface area (Å²) in [5, 5.41) is 2.53. The van der Waals surface area contributed by atoms with Gasteiger partial charge in [-0.25, -0.2) is 0 Å². The van der Waals surface area contributed by atoms with Crippen LogP contribution in [0, 0.1) is 23.2 Å². The molecular weight excluding hydrogens is 214 g/mol. The molecular formula is C14H23NO2. The van der Waals surface area contributed by atoms with Crippen molar-refractivity contribution >= 4 is 11.8 Å². The number of rotatable bonds is 4. The number of hydrogen-bond acceptors (Lipinski definition) is 2. The van der Waals surface area contributed by atoms with Gasteiger partial charge in [-0.1, -0.05) is 20.8 Å². The maximum Gasteiger partial charge on any atom is 0.230 e. The molecule has 2 rings (SSSR count). The fraction of sp³-hybridized carbons (Fsp3) is 0.857. The van der Waals surface area contributed by atoms with Crippen molar-refractivity contribution in [2.45, 2.75) is 52.9 Å². The third-order valence-electron chi connectivity index (χ3n) is 4.52. The van der Waals surface area contributed by atoms with Crippen LogP contribution in [0.25, 0.3) is 0 Å². The molecule has 0 spiro atoms. The van der Waals surface area contributed by atoms with Crippen LogP contribution in [0.15, 0.2) is 0 Å². The van der Waals surface area contributed by atoms with E-state index in [-0.39, 0.29) is 23.1 Å². The van der Waals surface area contributed by atoms with Crippen molar-refractivity contribution in [1.29, 1.82) is 0 Å². The lowest BCUT2D eigenvalue weighted by Crippen LogP contribution is -2.53. The van der Waals surface area contributed by atoms with E-state index in [2.05, 4.69) is 26.1 Å². The summed E-state index contributed by atoms with van der Waals surface area (Å²) < 4.78 is 0. The zero-order valence-corrected chi connectivity index (χ0v) is 11.1. The number of hydrogen-bond donors (Lipinski definition) is 1. The van der Waals surface area contributed by atoms with Crippen LogP contribution in [0.3, 0.4) is 0 Å². The van der Waals surface area contributed by atoms with E-state index in [1.54, 1.807) is 0 Å². The Balaban J connectivity index is 2.28. The molecule has 0 bridgehead atoms. The zero-order valence-electron chi connectivity index (χ0n) is 11.1. The second-order valence-corrected chi connectivity index (χ2v) is 6.13. The van der Waals surface area contributed by atoms with Crippen LogP contribution in [0.5, 0.6) is 0 Å². The van der Waals surface area contributed by atoms with E-state index in [9.17, 15) is 9.59 Å². The third kappa shape index (κ3) is 2.24. The summed E-state index contributed by atoms with van der Waals surface area (Å²) in [6.07, 6.45) is 4.81. The average molecular weight is 237 g/mol. The van der Waals surface area contributed by atoms with Gasteiger partial charge in [-0.15, -0.1) is 0 Å². The van der Waals surface area contributed by atoms with E-state index in [0.717, 1.165) is 12.8 Å². The van der Waals surface area contributed by atoms with Gasteiger partial charge in [-0.2, -0.15) is 0 Å². The molecule has 0 aromatic carbocycles. The molecule has 3 nitrogen and oxygen atoms in total. The average Bonchev–Trinajstić information content (AvgIpc) is 3.05. The molecule has 2 atom stereocenters. The molecule has 0 aromatic heterocycles. The molecule has 2 aliphatic rings. The van der Waals surface area contributed by atoms with Crippen molar-refractivity contribution in [1.82, 2.24) is 5.32 Å². The Morgan fingerprint density at radius 1 is 1.35 bits per heavy atom. The summed E-state index contributed by atoms with van der Waals surface area (Å²) in [4.78, 5) is 23.8.